The first-order chi connectivity index (χ1) is 8.47. The molecule has 0 aromatic heterocycles. The molecule has 0 aliphatic rings. The molecule has 0 aliphatic heterocycles. The van der Waals surface area contributed by atoms with Gasteiger partial charge in [-0.25, -0.2) is 0 Å². The van der Waals surface area contributed by atoms with Gasteiger partial charge in [0, 0.05) is 19.1 Å². The van der Waals surface area contributed by atoms with Crippen LogP contribution >= 0.6 is 0 Å². The second-order valence-corrected chi connectivity index (χ2v) is 6.00. The van der Waals surface area contributed by atoms with E-state index in [1.807, 2.05) is 0 Å². The predicted octanol–water partition coefficient (Wildman–Crippen LogP) is 2.85. The van der Waals surface area contributed by atoms with Crippen LogP contribution in [0.15, 0.2) is 24.3 Å². The summed E-state index contributed by atoms with van der Waals surface area (Å²) in [5, 5.41) is 3.49. The number of rotatable bonds is 6. The second kappa shape index (κ2) is 6.91. The molecule has 0 spiro atoms. The number of hydrogen-bond acceptors (Lipinski definition) is 2. The highest BCUT2D eigenvalue weighted by atomic mass is 14.9. The summed E-state index contributed by atoms with van der Waals surface area (Å²) in [6, 6.07) is 9.56. The first-order valence-electron chi connectivity index (χ1n) is 7.00. The van der Waals surface area contributed by atoms with Crippen LogP contribution in [0.1, 0.15) is 45.2 Å². The Bertz CT molecular complexity index is 335. The summed E-state index contributed by atoms with van der Waals surface area (Å²) >= 11 is 0. The maximum Gasteiger partial charge on any atom is 0.0105 e. The van der Waals surface area contributed by atoms with Crippen molar-refractivity contribution in [2.75, 3.05) is 13.1 Å². The molecule has 0 radical (unpaired) electrons. The number of nitrogens with one attached hydrogen (secondary N) is 1. The highest BCUT2D eigenvalue weighted by molar-refractivity contribution is 5.27. The van der Waals surface area contributed by atoms with Gasteiger partial charge in [-0.3, -0.25) is 0 Å². The highest BCUT2D eigenvalue weighted by Gasteiger charge is 2.13. The molecule has 2 heteroatoms. The van der Waals surface area contributed by atoms with Crippen LogP contribution in [0.5, 0.6) is 0 Å². The summed E-state index contributed by atoms with van der Waals surface area (Å²) in [5.41, 5.74) is 8.57. The topological polar surface area (TPSA) is 38.0 Å². The maximum absolute atomic E-state index is 5.53. The highest BCUT2D eigenvalue weighted by Crippen LogP contribution is 2.22. The fourth-order valence-electron chi connectivity index (χ4n) is 2.07. The summed E-state index contributed by atoms with van der Waals surface area (Å²) < 4.78 is 0. The summed E-state index contributed by atoms with van der Waals surface area (Å²) in [7, 11) is 0. The molecule has 0 saturated heterocycles. The standard InChI is InChI=1S/C16H28N2/c1-5-15(18-11-10-17)12-13-6-8-14(9-7-13)16(2,3)4/h6-9,15,18H,5,10-12,17H2,1-4H3. The van der Waals surface area contributed by atoms with Gasteiger partial charge in [0.25, 0.3) is 0 Å². The van der Waals surface area contributed by atoms with Crippen LogP contribution < -0.4 is 11.1 Å². The van der Waals surface area contributed by atoms with E-state index in [0.717, 1.165) is 19.4 Å². The lowest BCUT2D eigenvalue weighted by Gasteiger charge is -2.20. The van der Waals surface area contributed by atoms with E-state index in [0.29, 0.717) is 12.6 Å². The van der Waals surface area contributed by atoms with Gasteiger partial charge in [-0.2, -0.15) is 0 Å². The van der Waals surface area contributed by atoms with Crippen LogP contribution in [0.25, 0.3) is 0 Å². The van der Waals surface area contributed by atoms with Crippen molar-refractivity contribution >= 4 is 0 Å². The zero-order valence-electron chi connectivity index (χ0n) is 12.3. The van der Waals surface area contributed by atoms with Gasteiger partial charge >= 0.3 is 0 Å². The van der Waals surface area contributed by atoms with Crippen molar-refractivity contribution in [1.82, 2.24) is 5.32 Å². The Morgan fingerprint density at radius 1 is 1.17 bits per heavy atom. The van der Waals surface area contributed by atoms with E-state index in [-0.39, 0.29) is 5.41 Å². The molecule has 0 heterocycles. The molecule has 18 heavy (non-hydrogen) atoms. The van der Waals surface area contributed by atoms with Gasteiger partial charge in [-0.05, 0) is 29.4 Å². The van der Waals surface area contributed by atoms with E-state index in [4.69, 9.17) is 5.73 Å². The Morgan fingerprint density at radius 2 is 1.78 bits per heavy atom. The van der Waals surface area contributed by atoms with Gasteiger partial charge in [0.1, 0.15) is 0 Å². The summed E-state index contributed by atoms with van der Waals surface area (Å²) in [6.07, 6.45) is 2.22. The van der Waals surface area contributed by atoms with Crippen molar-refractivity contribution < 1.29 is 0 Å². The molecule has 0 amide bonds. The van der Waals surface area contributed by atoms with Crippen molar-refractivity contribution in [2.45, 2.75) is 52.0 Å². The van der Waals surface area contributed by atoms with Gasteiger partial charge in [0.05, 0.1) is 0 Å². The molecule has 1 aromatic rings. The first kappa shape index (κ1) is 15.2. The SMILES string of the molecule is CCC(Cc1ccc(C(C)(C)C)cc1)NCCN. The van der Waals surface area contributed by atoms with E-state index in [9.17, 15) is 0 Å². The predicted molar refractivity (Wildman–Crippen MR) is 80.0 cm³/mol. The molecule has 0 aliphatic carbocycles. The third kappa shape index (κ3) is 4.79. The molecular weight excluding hydrogens is 220 g/mol. The third-order valence-electron chi connectivity index (χ3n) is 3.37. The molecule has 0 fully saturated rings. The van der Waals surface area contributed by atoms with Gasteiger partial charge in [0.15, 0.2) is 0 Å². The Kier molecular flexibility index (Phi) is 5.83. The fourth-order valence-corrected chi connectivity index (χ4v) is 2.07. The van der Waals surface area contributed by atoms with Gasteiger partial charge in [-0.15, -0.1) is 0 Å². The van der Waals surface area contributed by atoms with Crippen molar-refractivity contribution in [3.8, 4) is 0 Å². The van der Waals surface area contributed by atoms with Crippen LogP contribution in [-0.2, 0) is 11.8 Å². The number of nitrogens with two attached hydrogens (primary N) is 1. The van der Waals surface area contributed by atoms with E-state index in [2.05, 4.69) is 57.3 Å². The van der Waals surface area contributed by atoms with E-state index >= 15 is 0 Å². The Labute approximate surface area is 112 Å². The van der Waals surface area contributed by atoms with E-state index < -0.39 is 0 Å². The lowest BCUT2D eigenvalue weighted by atomic mass is 9.86. The molecule has 1 aromatic carbocycles. The van der Waals surface area contributed by atoms with Crippen molar-refractivity contribution in [3.05, 3.63) is 35.4 Å². The van der Waals surface area contributed by atoms with Crippen LogP contribution in [-0.4, -0.2) is 19.1 Å². The normalized spacial score (nSPS) is 13.6. The average molecular weight is 248 g/mol. The summed E-state index contributed by atoms with van der Waals surface area (Å²) in [4.78, 5) is 0. The quantitative estimate of drug-likeness (QED) is 0.812. The minimum Gasteiger partial charge on any atom is -0.329 e. The second-order valence-electron chi connectivity index (χ2n) is 6.00. The molecule has 0 saturated carbocycles. The summed E-state index contributed by atoms with van der Waals surface area (Å²) in [5.74, 6) is 0. The first-order valence-corrected chi connectivity index (χ1v) is 7.00. The van der Waals surface area contributed by atoms with Gasteiger partial charge in [-0.1, -0.05) is 52.0 Å². The van der Waals surface area contributed by atoms with Crippen LogP contribution in [0.2, 0.25) is 0 Å². The smallest absolute Gasteiger partial charge is 0.0105 e. The van der Waals surface area contributed by atoms with Crippen LogP contribution in [0, 0.1) is 0 Å². The molecule has 1 unspecified atom stereocenters. The van der Waals surface area contributed by atoms with Crippen molar-refractivity contribution in [2.24, 2.45) is 5.73 Å². The number of benzene rings is 1. The fraction of sp³-hybridized carbons (Fsp3) is 0.625. The van der Waals surface area contributed by atoms with E-state index in [1.54, 1.807) is 0 Å². The van der Waals surface area contributed by atoms with E-state index in [1.165, 1.54) is 11.1 Å². The maximum atomic E-state index is 5.53. The largest absolute Gasteiger partial charge is 0.329 e. The summed E-state index contributed by atoms with van der Waals surface area (Å²) in [6.45, 7) is 10.6. The van der Waals surface area contributed by atoms with Crippen LogP contribution in [0.3, 0.4) is 0 Å². The molecule has 1 rings (SSSR count). The Balaban J connectivity index is 2.62. The molecule has 1 atom stereocenters. The average Bonchev–Trinajstić information content (AvgIpc) is 2.34. The number of hydrogen-bond donors (Lipinski definition) is 2. The van der Waals surface area contributed by atoms with Gasteiger partial charge in [0.2, 0.25) is 0 Å². The minimum absolute atomic E-state index is 0.237. The van der Waals surface area contributed by atoms with Crippen molar-refractivity contribution in [3.63, 3.8) is 0 Å². The lowest BCUT2D eigenvalue weighted by molar-refractivity contribution is 0.501. The lowest BCUT2D eigenvalue weighted by Crippen LogP contribution is -2.34. The monoisotopic (exact) mass is 248 g/mol. The molecule has 0 bridgehead atoms. The molecular formula is C16H28N2. The van der Waals surface area contributed by atoms with Crippen molar-refractivity contribution in [1.29, 1.82) is 0 Å². The van der Waals surface area contributed by atoms with Gasteiger partial charge < -0.3 is 11.1 Å². The van der Waals surface area contributed by atoms with Crippen LogP contribution in [0.4, 0.5) is 0 Å². The minimum atomic E-state index is 0.237. The molecule has 102 valence electrons. The zero-order valence-corrected chi connectivity index (χ0v) is 12.3. The Morgan fingerprint density at radius 3 is 2.22 bits per heavy atom. The third-order valence-corrected chi connectivity index (χ3v) is 3.37. The molecule has 2 nitrogen and oxygen atoms in total. The Hall–Kier alpha value is -0.860. The molecule has 3 N–H and O–H groups in total. The zero-order chi connectivity index (χ0) is 13.6.